The third kappa shape index (κ3) is 3.26. The number of anilines is 1. The third-order valence-corrected chi connectivity index (χ3v) is 5.72. The molecule has 0 bridgehead atoms. The van der Waals surface area contributed by atoms with Crippen LogP contribution in [0.3, 0.4) is 0 Å². The van der Waals surface area contributed by atoms with Crippen LogP contribution in [0.2, 0.25) is 0 Å². The Hall–Kier alpha value is -3.93. The first-order valence-corrected chi connectivity index (χ1v) is 10.0. The molecule has 0 unspecified atom stereocenters. The molecular formula is C25H20FN3O2. The van der Waals surface area contributed by atoms with Crippen molar-refractivity contribution in [2.24, 2.45) is 7.05 Å². The smallest absolute Gasteiger partial charge is 0.255 e. The number of halogens is 1. The predicted octanol–water partition coefficient (Wildman–Crippen LogP) is 4.50. The summed E-state index contributed by atoms with van der Waals surface area (Å²) in [5.74, 6) is -0.889. The van der Waals surface area contributed by atoms with Crippen LogP contribution in [0.1, 0.15) is 27.5 Å². The molecule has 3 aromatic carbocycles. The normalized spacial score (nSPS) is 15.4. The molecule has 0 radical (unpaired) electrons. The molecule has 0 saturated heterocycles. The van der Waals surface area contributed by atoms with E-state index in [1.165, 1.54) is 24.3 Å². The van der Waals surface area contributed by atoms with Gasteiger partial charge in [-0.2, -0.15) is 0 Å². The lowest BCUT2D eigenvalue weighted by Gasteiger charge is -2.25. The average molecular weight is 413 g/mol. The minimum absolute atomic E-state index is 0.112. The molecule has 2 amide bonds. The van der Waals surface area contributed by atoms with E-state index in [9.17, 15) is 14.0 Å². The highest BCUT2D eigenvalue weighted by atomic mass is 19.1. The molecule has 4 aromatic rings. The maximum Gasteiger partial charge on any atom is 0.255 e. The fourth-order valence-corrected chi connectivity index (χ4v) is 4.35. The Kier molecular flexibility index (Phi) is 4.55. The molecule has 2 heterocycles. The molecule has 5 nitrogen and oxygen atoms in total. The molecule has 0 spiro atoms. The van der Waals surface area contributed by atoms with Crippen LogP contribution in [0.4, 0.5) is 10.1 Å². The number of hydrogen-bond donors (Lipinski definition) is 1. The summed E-state index contributed by atoms with van der Waals surface area (Å²) in [6.07, 6.45) is 2.02. The fraction of sp³-hybridized carbons (Fsp3) is 0.120. The Labute approximate surface area is 178 Å². The molecule has 0 fully saturated rings. The van der Waals surface area contributed by atoms with E-state index in [0.717, 1.165) is 22.0 Å². The zero-order valence-corrected chi connectivity index (χ0v) is 16.9. The summed E-state index contributed by atoms with van der Waals surface area (Å²) in [6.45, 7) is -0.112. The van der Waals surface area contributed by atoms with E-state index in [-0.39, 0.29) is 30.2 Å². The standard InChI is InChI=1S/C25H20FN3O2/c1-28-14-21(18-6-4-5-9-22(18)28)24-19-7-2-3-8-20(19)25(31)29(24)15-23(30)27-17-12-10-16(26)11-13-17/h2-14,24H,15H2,1H3,(H,27,30)/t24-/m1/s1. The fourth-order valence-electron chi connectivity index (χ4n) is 4.35. The van der Waals surface area contributed by atoms with Crippen LogP contribution in [0.25, 0.3) is 10.9 Å². The van der Waals surface area contributed by atoms with E-state index in [1.54, 1.807) is 11.0 Å². The Balaban J connectivity index is 1.53. The van der Waals surface area contributed by atoms with Gasteiger partial charge in [0, 0.05) is 41.0 Å². The number of hydrogen-bond acceptors (Lipinski definition) is 2. The van der Waals surface area contributed by atoms with Crippen LogP contribution in [0.5, 0.6) is 0 Å². The second-order valence-corrected chi connectivity index (χ2v) is 7.69. The van der Waals surface area contributed by atoms with Crippen molar-refractivity contribution in [1.82, 2.24) is 9.47 Å². The summed E-state index contributed by atoms with van der Waals surface area (Å²) in [4.78, 5) is 27.6. The molecule has 5 rings (SSSR count). The van der Waals surface area contributed by atoms with Crippen LogP contribution < -0.4 is 5.32 Å². The largest absolute Gasteiger partial charge is 0.350 e. The number of rotatable bonds is 4. The second kappa shape index (κ2) is 7.40. The Morgan fingerprint density at radius 1 is 0.968 bits per heavy atom. The third-order valence-electron chi connectivity index (χ3n) is 5.72. The molecule has 1 N–H and O–H groups in total. The van der Waals surface area contributed by atoms with Crippen LogP contribution in [0, 0.1) is 5.82 Å². The zero-order valence-electron chi connectivity index (χ0n) is 16.9. The lowest BCUT2D eigenvalue weighted by molar-refractivity contribution is -0.117. The van der Waals surface area contributed by atoms with Gasteiger partial charge in [0.1, 0.15) is 12.4 Å². The van der Waals surface area contributed by atoms with E-state index < -0.39 is 0 Å². The lowest BCUT2D eigenvalue weighted by atomic mass is 9.97. The average Bonchev–Trinajstić information content (AvgIpc) is 3.24. The summed E-state index contributed by atoms with van der Waals surface area (Å²) >= 11 is 0. The number of fused-ring (bicyclic) bond motifs is 2. The summed E-state index contributed by atoms with van der Waals surface area (Å²) in [7, 11) is 1.97. The van der Waals surface area contributed by atoms with Crippen molar-refractivity contribution < 1.29 is 14.0 Å². The van der Waals surface area contributed by atoms with Crippen molar-refractivity contribution in [3.63, 3.8) is 0 Å². The van der Waals surface area contributed by atoms with Gasteiger partial charge in [0.15, 0.2) is 0 Å². The van der Waals surface area contributed by atoms with Gasteiger partial charge in [-0.1, -0.05) is 36.4 Å². The number of benzene rings is 3. The minimum Gasteiger partial charge on any atom is -0.350 e. The van der Waals surface area contributed by atoms with Gasteiger partial charge in [-0.05, 0) is 42.0 Å². The highest BCUT2D eigenvalue weighted by molar-refractivity contribution is 6.04. The van der Waals surface area contributed by atoms with Crippen LogP contribution in [-0.2, 0) is 11.8 Å². The van der Waals surface area contributed by atoms with E-state index in [1.807, 2.05) is 60.3 Å². The SMILES string of the molecule is Cn1cc([C@H]2c3ccccc3C(=O)N2CC(=O)Nc2ccc(F)cc2)c2ccccc21. The Morgan fingerprint density at radius 3 is 2.48 bits per heavy atom. The van der Waals surface area contributed by atoms with Gasteiger partial charge in [0.2, 0.25) is 5.91 Å². The van der Waals surface area contributed by atoms with E-state index >= 15 is 0 Å². The van der Waals surface area contributed by atoms with Crippen LogP contribution in [0.15, 0.2) is 79.0 Å². The van der Waals surface area contributed by atoms with Crippen molar-refractivity contribution in [1.29, 1.82) is 0 Å². The molecule has 6 heteroatoms. The van der Waals surface area contributed by atoms with Crippen molar-refractivity contribution in [2.45, 2.75) is 6.04 Å². The molecule has 1 aliphatic heterocycles. The summed E-state index contributed by atoms with van der Waals surface area (Å²) < 4.78 is 15.2. The molecule has 0 saturated carbocycles. The number of amides is 2. The molecule has 1 atom stereocenters. The summed E-state index contributed by atoms with van der Waals surface area (Å²) in [5.41, 5.74) is 4.02. The van der Waals surface area contributed by atoms with Crippen molar-refractivity contribution >= 4 is 28.4 Å². The maximum atomic E-state index is 13.2. The number of aromatic nitrogens is 1. The highest BCUT2D eigenvalue weighted by Gasteiger charge is 2.39. The zero-order chi connectivity index (χ0) is 21.5. The number of para-hydroxylation sites is 1. The second-order valence-electron chi connectivity index (χ2n) is 7.69. The Morgan fingerprint density at radius 2 is 1.68 bits per heavy atom. The van der Waals surface area contributed by atoms with Crippen molar-refractivity contribution in [2.75, 3.05) is 11.9 Å². The van der Waals surface area contributed by atoms with Crippen LogP contribution >= 0.6 is 0 Å². The van der Waals surface area contributed by atoms with Gasteiger partial charge in [-0.3, -0.25) is 9.59 Å². The Bertz CT molecular complexity index is 1310. The first-order chi connectivity index (χ1) is 15.0. The summed E-state index contributed by atoms with van der Waals surface area (Å²) in [6, 6.07) is 20.7. The number of carbonyl (C=O) groups is 2. The number of nitrogens with zero attached hydrogens (tertiary/aromatic N) is 2. The topological polar surface area (TPSA) is 54.3 Å². The quantitative estimate of drug-likeness (QED) is 0.536. The molecule has 154 valence electrons. The molecule has 1 aromatic heterocycles. The van der Waals surface area contributed by atoms with Gasteiger partial charge in [0.05, 0.1) is 6.04 Å². The number of carbonyl (C=O) groups excluding carboxylic acids is 2. The molecule has 0 aliphatic carbocycles. The van der Waals surface area contributed by atoms with Crippen molar-refractivity contribution in [3.05, 3.63) is 102 Å². The monoisotopic (exact) mass is 413 g/mol. The van der Waals surface area contributed by atoms with Crippen molar-refractivity contribution in [3.8, 4) is 0 Å². The van der Waals surface area contributed by atoms with Gasteiger partial charge in [-0.15, -0.1) is 0 Å². The lowest BCUT2D eigenvalue weighted by Crippen LogP contribution is -2.36. The van der Waals surface area contributed by atoms with E-state index in [0.29, 0.717) is 11.3 Å². The first-order valence-electron chi connectivity index (χ1n) is 10.0. The van der Waals surface area contributed by atoms with Crippen LogP contribution in [-0.4, -0.2) is 27.8 Å². The maximum absolute atomic E-state index is 13.2. The molecule has 31 heavy (non-hydrogen) atoms. The highest BCUT2D eigenvalue weighted by Crippen LogP contribution is 2.41. The van der Waals surface area contributed by atoms with E-state index in [4.69, 9.17) is 0 Å². The number of aryl methyl sites for hydroxylation is 1. The van der Waals surface area contributed by atoms with Gasteiger partial charge in [0.25, 0.3) is 5.91 Å². The van der Waals surface area contributed by atoms with E-state index in [2.05, 4.69) is 5.32 Å². The summed E-state index contributed by atoms with van der Waals surface area (Å²) in [5, 5.41) is 3.80. The molecular weight excluding hydrogens is 393 g/mol. The van der Waals surface area contributed by atoms with Gasteiger partial charge < -0.3 is 14.8 Å². The van der Waals surface area contributed by atoms with Gasteiger partial charge in [-0.25, -0.2) is 4.39 Å². The molecule has 1 aliphatic rings. The number of nitrogens with one attached hydrogen (secondary N) is 1. The predicted molar refractivity (Wildman–Crippen MR) is 117 cm³/mol. The minimum atomic E-state index is -0.376. The van der Waals surface area contributed by atoms with Gasteiger partial charge >= 0.3 is 0 Å². The first kappa shape index (κ1) is 19.1.